The molecule has 0 radical (unpaired) electrons. The first-order valence-electron chi connectivity index (χ1n) is 8.04. The van der Waals surface area contributed by atoms with E-state index >= 15 is 0 Å². The van der Waals surface area contributed by atoms with Crippen LogP contribution in [-0.2, 0) is 27.9 Å². The molecule has 6 heteroatoms. The third kappa shape index (κ3) is 8.40. The van der Waals surface area contributed by atoms with Crippen LogP contribution in [0.5, 0.6) is 0 Å². The summed E-state index contributed by atoms with van der Waals surface area (Å²) in [6, 6.07) is 8.59. The van der Waals surface area contributed by atoms with Crippen LogP contribution in [0, 0.1) is 5.41 Å². The van der Waals surface area contributed by atoms with Crippen LogP contribution >= 0.6 is 0 Å². The Kier molecular flexibility index (Phi) is 11.5. The van der Waals surface area contributed by atoms with Gasteiger partial charge in [-0.05, 0) is 0 Å². The summed E-state index contributed by atoms with van der Waals surface area (Å²) in [5.74, 6) is 0. The second-order valence-electron chi connectivity index (χ2n) is 7.40. The third-order valence-corrected chi connectivity index (χ3v) is 4.81. The van der Waals surface area contributed by atoms with Crippen molar-refractivity contribution >= 4 is 9.44 Å². The van der Waals surface area contributed by atoms with Crippen molar-refractivity contribution in [1.29, 1.82) is 0 Å². The van der Waals surface area contributed by atoms with Gasteiger partial charge in [-0.1, -0.05) is 0 Å². The number of hydrogen-bond acceptors (Lipinski definition) is 3. The first-order valence-corrected chi connectivity index (χ1v) is 9.46. The van der Waals surface area contributed by atoms with Crippen LogP contribution < -0.4 is 28.7 Å². The molecule has 0 saturated heterocycles. The van der Waals surface area contributed by atoms with Crippen molar-refractivity contribution in [2.24, 2.45) is 5.41 Å². The Morgan fingerprint density at radius 2 is 1.80 bits per heavy atom. The number of likely N-dealkylation sites (N-methyl/N-ethyl adjacent to an activating group) is 1. The van der Waals surface area contributed by atoms with Crippen LogP contribution in [0.2, 0.25) is 0 Å². The molecule has 0 heterocycles. The molecule has 0 spiro atoms. The zero-order valence-electron chi connectivity index (χ0n) is 15.6. The fourth-order valence-corrected chi connectivity index (χ4v) is 3.56. The number of halogens is 2. The summed E-state index contributed by atoms with van der Waals surface area (Å²) in [4.78, 5) is 7.64. The Morgan fingerprint density at radius 3 is 2.44 bits per heavy atom. The third-order valence-electron chi connectivity index (χ3n) is 3.47. The van der Waals surface area contributed by atoms with Gasteiger partial charge in [-0.25, -0.2) is 0 Å². The summed E-state index contributed by atoms with van der Waals surface area (Å²) in [5.41, 5.74) is 4.29. The minimum Gasteiger partial charge on any atom is -1.00 e. The minimum absolute atomic E-state index is 0. The maximum absolute atomic E-state index is 5.58. The van der Waals surface area contributed by atoms with Crippen molar-refractivity contribution in [3.05, 3.63) is 47.6 Å². The summed E-state index contributed by atoms with van der Waals surface area (Å²) in [6.07, 6.45) is 5.51. The minimum atomic E-state index is -0.754. The molecule has 3 nitrogen and oxygen atoms in total. The molecule has 0 fully saturated rings. The van der Waals surface area contributed by atoms with E-state index in [9.17, 15) is 0 Å². The molecule has 138 valence electrons. The summed E-state index contributed by atoms with van der Waals surface area (Å²) in [6.45, 7) is 8.03. The zero-order valence-corrected chi connectivity index (χ0v) is 18.7. The van der Waals surface area contributed by atoms with Crippen LogP contribution in [0.1, 0.15) is 32.8 Å². The van der Waals surface area contributed by atoms with E-state index < -0.39 is 19.5 Å². The van der Waals surface area contributed by atoms with E-state index in [2.05, 4.69) is 76.2 Å². The molecule has 1 aromatic carbocycles. The first-order chi connectivity index (χ1) is 10.9. The molecule has 0 bridgehead atoms. The number of benzene rings is 1. The van der Waals surface area contributed by atoms with Gasteiger partial charge in [0.25, 0.3) is 0 Å². The predicted molar refractivity (Wildman–Crippen MR) is 91.8 cm³/mol. The fraction of sp³-hybridized carbons (Fsp3) is 0.474. The Hall–Kier alpha value is -0.126. The maximum Gasteiger partial charge on any atom is -1.00 e. The van der Waals surface area contributed by atoms with E-state index in [4.69, 9.17) is 8.36 Å². The molecule has 25 heavy (non-hydrogen) atoms. The van der Waals surface area contributed by atoms with E-state index in [1.165, 1.54) is 20.6 Å². The van der Waals surface area contributed by atoms with Gasteiger partial charge in [0, 0.05) is 0 Å². The average molecular weight is 420 g/mol. The van der Waals surface area contributed by atoms with Gasteiger partial charge in [-0.2, -0.15) is 0 Å². The smallest absolute Gasteiger partial charge is 1.00 e. The summed E-state index contributed by atoms with van der Waals surface area (Å²) >= 11 is -0.754. The van der Waals surface area contributed by atoms with Gasteiger partial charge in [0.15, 0.2) is 0 Å². The molecule has 0 unspecified atom stereocenters. The van der Waals surface area contributed by atoms with E-state index in [1.807, 2.05) is 0 Å². The monoisotopic (exact) mass is 419 g/mol. The fourth-order valence-electron chi connectivity index (χ4n) is 2.44. The van der Waals surface area contributed by atoms with Gasteiger partial charge >= 0.3 is 150 Å². The van der Waals surface area contributed by atoms with Crippen molar-refractivity contribution in [3.63, 3.8) is 0 Å². The van der Waals surface area contributed by atoms with E-state index in [1.54, 1.807) is 0 Å². The normalized spacial score (nSPS) is 13.5. The van der Waals surface area contributed by atoms with Crippen LogP contribution in [0.15, 0.2) is 42.0 Å². The molecule has 0 aliphatic heterocycles. The van der Waals surface area contributed by atoms with Gasteiger partial charge in [0.05, 0.1) is 0 Å². The molecule has 1 aromatic rings. The summed E-state index contributed by atoms with van der Waals surface area (Å²) in [7, 11) is 4.22. The summed E-state index contributed by atoms with van der Waals surface area (Å²) < 4.78 is 6.89. The Balaban J connectivity index is 0.00000288. The molecule has 0 amide bonds. The molecule has 1 aliphatic rings. The topological polar surface area (TPSA) is 21.7 Å². The first kappa shape index (κ1) is 24.9. The number of nitrogens with zero attached hydrogens (tertiary/aromatic N) is 1. The van der Waals surface area contributed by atoms with E-state index in [0.717, 1.165) is 13.0 Å². The Bertz CT molecular complexity index is 595. The van der Waals surface area contributed by atoms with Gasteiger partial charge in [-0.15, -0.1) is 0 Å². The van der Waals surface area contributed by atoms with Crippen molar-refractivity contribution in [2.75, 3.05) is 27.2 Å². The number of allylic oxidation sites excluding steroid dienone is 2. The van der Waals surface area contributed by atoms with E-state index in [0.29, 0.717) is 6.61 Å². The molecule has 0 N–H and O–H groups in total. The Labute approximate surface area is 174 Å². The van der Waals surface area contributed by atoms with Crippen LogP contribution in [-0.4, -0.2) is 32.1 Å². The number of rotatable bonds is 7. The van der Waals surface area contributed by atoms with Crippen molar-refractivity contribution in [3.8, 4) is 0 Å². The largest absolute Gasteiger partial charge is 1.00 e. The standard InChI is InChI=1S/C14H16N.C5H12O2.2ClH.Ti/c1-15(2)11-13-9-6-10-14(13)12-7-4-3-5-8-12;1-5(2,3)4-7-6;;;/h3-7,9H,10-11H2,1-2H3;6H,4H2,1-3H3;2*1H;/q;;;;+3/p-3. The zero-order chi connectivity index (χ0) is 16.9. The van der Waals surface area contributed by atoms with Gasteiger partial charge in [0.2, 0.25) is 0 Å². The molecule has 0 atom stereocenters. The molecular weight excluding hydrogens is 393 g/mol. The van der Waals surface area contributed by atoms with Crippen LogP contribution in [0.4, 0.5) is 0 Å². The summed E-state index contributed by atoms with van der Waals surface area (Å²) in [5, 5.41) is 0. The second-order valence-corrected chi connectivity index (χ2v) is 8.82. The molecule has 1 aliphatic carbocycles. The van der Waals surface area contributed by atoms with Crippen LogP contribution in [0.3, 0.4) is 0 Å². The Morgan fingerprint density at radius 1 is 1.12 bits per heavy atom. The van der Waals surface area contributed by atoms with Gasteiger partial charge in [-0.3, -0.25) is 0 Å². The number of hydrogen-bond donors (Lipinski definition) is 0. The quantitative estimate of drug-likeness (QED) is 0.212. The predicted octanol–water partition coefficient (Wildman–Crippen LogP) is -2.41. The average Bonchev–Trinajstić information content (AvgIpc) is 2.90. The van der Waals surface area contributed by atoms with Crippen molar-refractivity contribution in [1.82, 2.24) is 4.90 Å². The maximum atomic E-state index is 5.58. The van der Waals surface area contributed by atoms with Crippen molar-refractivity contribution in [2.45, 2.75) is 27.2 Å². The van der Waals surface area contributed by atoms with Crippen LogP contribution in [0.25, 0.3) is 5.57 Å². The van der Waals surface area contributed by atoms with Crippen molar-refractivity contribution < 1.29 is 52.7 Å². The SMILES string of the molecule is CN(C)CC1=C(c2cccc[c]2[Ti+2][O]OCC(C)(C)C)CC=C1.[Cl-].[Cl-]. The van der Waals surface area contributed by atoms with E-state index in [-0.39, 0.29) is 30.2 Å². The van der Waals surface area contributed by atoms with Gasteiger partial charge < -0.3 is 24.8 Å². The second kappa shape index (κ2) is 11.6. The molecule has 2 rings (SSSR count). The molecular formula is C19H27Cl2NO2Ti. The molecule has 0 saturated carbocycles. The molecule has 0 aromatic heterocycles. The van der Waals surface area contributed by atoms with Gasteiger partial charge in [0.1, 0.15) is 0 Å².